The Hall–Kier alpha value is -3.87. The lowest BCUT2D eigenvalue weighted by Gasteiger charge is -2.20. The van der Waals surface area contributed by atoms with Crippen molar-refractivity contribution in [1.29, 1.82) is 0 Å². The number of aliphatic carboxylic acids is 1. The molecule has 1 aromatic heterocycles. The summed E-state index contributed by atoms with van der Waals surface area (Å²) in [5.74, 6) is -2.56. The smallest absolute Gasteiger partial charge is 0.268 e. The summed E-state index contributed by atoms with van der Waals surface area (Å²) in [6, 6.07) is 15.1. The van der Waals surface area contributed by atoms with Crippen molar-refractivity contribution in [2.45, 2.75) is 19.4 Å². The van der Waals surface area contributed by atoms with Crippen molar-refractivity contribution in [1.82, 2.24) is 15.6 Å². The number of fused-ring (bicyclic) bond motifs is 1. The van der Waals surface area contributed by atoms with Gasteiger partial charge in [-0.3, -0.25) is 9.59 Å². The number of amides is 2. The van der Waals surface area contributed by atoms with Gasteiger partial charge in [0.2, 0.25) is 5.91 Å². The molecule has 3 rings (SSSR count). The lowest BCUT2D eigenvalue weighted by Crippen LogP contribution is -2.50. The van der Waals surface area contributed by atoms with E-state index in [1.165, 1.54) is 13.0 Å². The zero-order valence-electron chi connectivity index (χ0n) is 15.8. The number of carbonyl (C=O) groups excluding carboxylic acids is 3. The fraction of sp³-hybridized carbons (Fsp3) is 0.136. The molecule has 0 aliphatic rings. The first-order chi connectivity index (χ1) is 13.9. The highest BCUT2D eigenvalue weighted by Crippen LogP contribution is 2.19. The molecule has 7 nitrogen and oxygen atoms in total. The van der Waals surface area contributed by atoms with Crippen molar-refractivity contribution in [2.75, 3.05) is 0 Å². The van der Waals surface area contributed by atoms with E-state index in [9.17, 15) is 19.5 Å². The zero-order chi connectivity index (χ0) is 20.8. The summed E-state index contributed by atoms with van der Waals surface area (Å²) in [6.07, 6.45) is 3.23. The third-order valence-corrected chi connectivity index (χ3v) is 4.35. The van der Waals surface area contributed by atoms with Crippen molar-refractivity contribution in [3.8, 4) is 0 Å². The number of carboxylic acid groups (broad SMARTS) is 1. The number of hydrogen-bond acceptors (Lipinski definition) is 4. The molecule has 148 valence electrons. The Bertz CT molecular complexity index is 1070. The maximum absolute atomic E-state index is 12.7. The largest absolute Gasteiger partial charge is 0.548 e. The molecular formula is C22H20N3O4-. The van der Waals surface area contributed by atoms with Crippen LogP contribution in [0.25, 0.3) is 17.0 Å². The molecule has 3 aromatic rings. The molecule has 0 bridgehead atoms. The van der Waals surface area contributed by atoms with Gasteiger partial charge in [0.25, 0.3) is 5.91 Å². The van der Waals surface area contributed by atoms with Crippen LogP contribution in [-0.4, -0.2) is 28.8 Å². The lowest BCUT2D eigenvalue weighted by molar-refractivity contribution is -0.308. The topological polar surface area (TPSA) is 114 Å². The molecule has 0 saturated heterocycles. The van der Waals surface area contributed by atoms with Crippen molar-refractivity contribution < 1.29 is 19.5 Å². The Balaban J connectivity index is 1.82. The molecule has 2 aromatic carbocycles. The molecule has 0 spiro atoms. The van der Waals surface area contributed by atoms with Crippen LogP contribution in [0.2, 0.25) is 0 Å². The molecule has 0 aliphatic carbocycles. The van der Waals surface area contributed by atoms with Gasteiger partial charge in [0, 0.05) is 30.4 Å². The SMILES string of the molecule is CC(=O)N/C(=C/c1ccccc1)C(=O)N[C@H](Cc1c[nH]c2ccccc12)C(=O)[O-]. The molecule has 3 N–H and O–H groups in total. The van der Waals surface area contributed by atoms with Crippen LogP contribution >= 0.6 is 0 Å². The summed E-state index contributed by atoms with van der Waals surface area (Å²) >= 11 is 0. The van der Waals surface area contributed by atoms with E-state index in [1.807, 2.05) is 30.3 Å². The fourth-order valence-electron chi connectivity index (χ4n) is 3.01. The summed E-state index contributed by atoms with van der Waals surface area (Å²) in [5.41, 5.74) is 2.25. The minimum atomic E-state index is -1.41. The Morgan fingerprint density at radius 1 is 1.07 bits per heavy atom. The molecule has 7 heteroatoms. The summed E-state index contributed by atoms with van der Waals surface area (Å²) in [4.78, 5) is 38.9. The first kappa shape index (κ1) is 19.9. The number of carbonyl (C=O) groups is 3. The average molecular weight is 390 g/mol. The molecule has 29 heavy (non-hydrogen) atoms. The molecule has 1 atom stereocenters. The minimum absolute atomic E-state index is 0.0385. The Morgan fingerprint density at radius 3 is 2.45 bits per heavy atom. The second-order valence-electron chi connectivity index (χ2n) is 6.56. The average Bonchev–Trinajstić information content (AvgIpc) is 3.10. The predicted molar refractivity (Wildman–Crippen MR) is 107 cm³/mol. The Kier molecular flexibility index (Phi) is 6.09. The van der Waals surface area contributed by atoms with Gasteiger partial charge in [-0.2, -0.15) is 0 Å². The second kappa shape index (κ2) is 8.88. The third-order valence-electron chi connectivity index (χ3n) is 4.35. The van der Waals surface area contributed by atoms with Gasteiger partial charge in [-0.15, -0.1) is 0 Å². The highest BCUT2D eigenvalue weighted by molar-refractivity contribution is 6.02. The number of benzene rings is 2. The number of aromatic nitrogens is 1. The minimum Gasteiger partial charge on any atom is -0.548 e. The first-order valence-electron chi connectivity index (χ1n) is 9.05. The molecule has 0 unspecified atom stereocenters. The quantitative estimate of drug-likeness (QED) is 0.525. The number of hydrogen-bond donors (Lipinski definition) is 3. The zero-order valence-corrected chi connectivity index (χ0v) is 15.8. The molecule has 2 amide bonds. The van der Waals surface area contributed by atoms with E-state index in [1.54, 1.807) is 30.5 Å². The molecule has 0 fully saturated rings. The first-order valence-corrected chi connectivity index (χ1v) is 9.05. The monoisotopic (exact) mass is 390 g/mol. The van der Waals surface area contributed by atoms with E-state index < -0.39 is 23.8 Å². The Morgan fingerprint density at radius 2 is 1.76 bits per heavy atom. The van der Waals surface area contributed by atoms with Crippen LogP contribution in [0.1, 0.15) is 18.1 Å². The standard InChI is InChI=1S/C22H21N3O4/c1-14(26)24-19(11-15-7-3-2-4-8-15)21(27)25-20(22(28)29)12-16-13-23-18-10-6-5-9-17(16)18/h2-11,13,20,23H,12H2,1H3,(H,24,26)(H,25,27)(H,28,29)/p-1/b19-11+/t20-/m1/s1. The van der Waals surface area contributed by atoms with Crippen molar-refractivity contribution in [3.63, 3.8) is 0 Å². The van der Waals surface area contributed by atoms with E-state index in [0.717, 1.165) is 16.5 Å². The van der Waals surface area contributed by atoms with Crippen LogP contribution < -0.4 is 15.7 Å². The third kappa shape index (κ3) is 5.10. The van der Waals surface area contributed by atoms with Gasteiger partial charge >= 0.3 is 0 Å². The van der Waals surface area contributed by atoms with E-state index in [0.29, 0.717) is 5.56 Å². The van der Waals surface area contributed by atoms with Crippen LogP contribution in [0, 0.1) is 0 Å². The maximum atomic E-state index is 12.7. The highest BCUT2D eigenvalue weighted by atomic mass is 16.4. The van der Waals surface area contributed by atoms with Crippen molar-refractivity contribution >= 4 is 34.8 Å². The lowest BCUT2D eigenvalue weighted by atomic mass is 10.0. The van der Waals surface area contributed by atoms with E-state index in [2.05, 4.69) is 15.6 Å². The molecule has 0 radical (unpaired) electrons. The maximum Gasteiger partial charge on any atom is 0.268 e. The summed E-state index contributed by atoms with van der Waals surface area (Å²) in [5, 5.41) is 17.4. The van der Waals surface area contributed by atoms with Crippen LogP contribution in [-0.2, 0) is 20.8 Å². The summed E-state index contributed by atoms with van der Waals surface area (Å²) in [6.45, 7) is 1.27. The van der Waals surface area contributed by atoms with E-state index in [4.69, 9.17) is 0 Å². The number of rotatable bonds is 7. The van der Waals surface area contributed by atoms with Crippen LogP contribution in [0.15, 0.2) is 66.5 Å². The molecule has 0 aliphatic heterocycles. The van der Waals surface area contributed by atoms with Gasteiger partial charge in [0.15, 0.2) is 0 Å². The van der Waals surface area contributed by atoms with Gasteiger partial charge < -0.3 is 25.5 Å². The summed E-state index contributed by atoms with van der Waals surface area (Å²) in [7, 11) is 0. The Labute approximate surface area is 167 Å². The predicted octanol–water partition coefficient (Wildman–Crippen LogP) is 1.12. The van der Waals surface area contributed by atoms with Gasteiger partial charge in [0.1, 0.15) is 5.70 Å². The normalized spacial score (nSPS) is 12.4. The van der Waals surface area contributed by atoms with Crippen molar-refractivity contribution in [2.24, 2.45) is 0 Å². The fourth-order valence-corrected chi connectivity index (χ4v) is 3.01. The number of nitrogens with one attached hydrogen (secondary N) is 3. The second-order valence-corrected chi connectivity index (χ2v) is 6.56. The summed E-state index contributed by atoms with van der Waals surface area (Å²) < 4.78 is 0. The van der Waals surface area contributed by atoms with Gasteiger partial charge in [-0.05, 0) is 23.3 Å². The van der Waals surface area contributed by atoms with Gasteiger partial charge in [-0.25, -0.2) is 0 Å². The number of carboxylic acids is 1. The number of H-pyrrole nitrogens is 1. The number of para-hydroxylation sites is 1. The molecule has 0 saturated carbocycles. The van der Waals surface area contributed by atoms with Gasteiger partial charge in [-0.1, -0.05) is 48.5 Å². The van der Waals surface area contributed by atoms with Crippen LogP contribution in [0.4, 0.5) is 0 Å². The highest BCUT2D eigenvalue weighted by Gasteiger charge is 2.19. The number of aromatic amines is 1. The van der Waals surface area contributed by atoms with E-state index in [-0.39, 0.29) is 12.1 Å². The van der Waals surface area contributed by atoms with Crippen LogP contribution in [0.3, 0.4) is 0 Å². The molecule has 1 heterocycles. The van der Waals surface area contributed by atoms with Crippen molar-refractivity contribution in [3.05, 3.63) is 77.6 Å². The van der Waals surface area contributed by atoms with Crippen LogP contribution in [0.5, 0.6) is 0 Å². The molecular weight excluding hydrogens is 370 g/mol. The van der Waals surface area contributed by atoms with E-state index >= 15 is 0 Å². The van der Waals surface area contributed by atoms with Gasteiger partial charge in [0.05, 0.1) is 12.0 Å².